The molecule has 0 bridgehead atoms. The number of sulfone groups is 1. The molecule has 0 aliphatic heterocycles. The van der Waals surface area contributed by atoms with Crippen molar-refractivity contribution < 1.29 is 8.42 Å². The van der Waals surface area contributed by atoms with Gasteiger partial charge in [-0.05, 0) is 36.8 Å². The molecule has 0 fully saturated rings. The smallest absolute Gasteiger partial charge is 0.147 e. The third kappa shape index (κ3) is 3.78. The van der Waals surface area contributed by atoms with E-state index < -0.39 is 9.84 Å². The standard InChI is InChI=1S/C14H22N2O2S/c1-19(17,18)10-4-7-14(16-15)13-9-8-11-5-2-3-6-12(11)13/h2-3,5-6,13-14,16H,4,7-10,15H2,1H3. The Labute approximate surface area is 115 Å². The Morgan fingerprint density at radius 3 is 2.84 bits per heavy atom. The van der Waals surface area contributed by atoms with Crippen molar-refractivity contribution in [3.05, 3.63) is 35.4 Å². The van der Waals surface area contributed by atoms with Crippen molar-refractivity contribution in [2.24, 2.45) is 5.84 Å². The summed E-state index contributed by atoms with van der Waals surface area (Å²) >= 11 is 0. The molecule has 3 N–H and O–H groups in total. The Bertz CT molecular complexity index is 528. The lowest BCUT2D eigenvalue weighted by Gasteiger charge is -2.23. The number of hydrogen-bond acceptors (Lipinski definition) is 4. The summed E-state index contributed by atoms with van der Waals surface area (Å²) in [4.78, 5) is 0. The first kappa shape index (κ1) is 14.5. The first-order chi connectivity index (χ1) is 9.01. The van der Waals surface area contributed by atoms with Crippen molar-refractivity contribution in [2.75, 3.05) is 12.0 Å². The van der Waals surface area contributed by atoms with Crippen LogP contribution in [0.25, 0.3) is 0 Å². The molecule has 2 unspecified atom stereocenters. The quantitative estimate of drug-likeness (QED) is 0.610. The molecule has 0 saturated heterocycles. The van der Waals surface area contributed by atoms with Gasteiger partial charge in [-0.2, -0.15) is 0 Å². The minimum Gasteiger partial charge on any atom is -0.271 e. The summed E-state index contributed by atoms with van der Waals surface area (Å²) in [5, 5.41) is 0. The summed E-state index contributed by atoms with van der Waals surface area (Å²) in [6.45, 7) is 0. The van der Waals surface area contributed by atoms with E-state index in [1.165, 1.54) is 17.4 Å². The van der Waals surface area contributed by atoms with Crippen LogP contribution in [0, 0.1) is 0 Å². The van der Waals surface area contributed by atoms with E-state index in [0.717, 1.165) is 19.3 Å². The van der Waals surface area contributed by atoms with Gasteiger partial charge in [-0.1, -0.05) is 24.3 Å². The van der Waals surface area contributed by atoms with Crippen LogP contribution in [0.15, 0.2) is 24.3 Å². The molecule has 0 heterocycles. The molecule has 106 valence electrons. The van der Waals surface area contributed by atoms with E-state index in [-0.39, 0.29) is 11.8 Å². The zero-order valence-electron chi connectivity index (χ0n) is 11.3. The molecule has 1 aliphatic carbocycles. The fourth-order valence-corrected chi connectivity index (χ4v) is 3.67. The predicted octanol–water partition coefficient (Wildman–Crippen LogP) is 1.37. The third-order valence-corrected chi connectivity index (χ3v) is 4.94. The summed E-state index contributed by atoms with van der Waals surface area (Å²) in [5.74, 6) is 6.30. The molecular formula is C14H22N2O2S. The minimum atomic E-state index is -2.88. The molecule has 2 atom stereocenters. The van der Waals surface area contributed by atoms with Gasteiger partial charge < -0.3 is 0 Å². The van der Waals surface area contributed by atoms with E-state index in [1.807, 2.05) is 0 Å². The van der Waals surface area contributed by atoms with Gasteiger partial charge in [0.05, 0.1) is 0 Å². The van der Waals surface area contributed by atoms with Gasteiger partial charge in [0.15, 0.2) is 0 Å². The van der Waals surface area contributed by atoms with E-state index in [0.29, 0.717) is 12.3 Å². The fourth-order valence-electron chi connectivity index (χ4n) is 2.97. The Balaban J connectivity index is 2.00. The van der Waals surface area contributed by atoms with Gasteiger partial charge in [-0.25, -0.2) is 8.42 Å². The highest BCUT2D eigenvalue weighted by molar-refractivity contribution is 7.90. The Kier molecular flexibility index (Phi) is 4.60. The van der Waals surface area contributed by atoms with Crippen LogP contribution in [0.2, 0.25) is 0 Å². The van der Waals surface area contributed by atoms with Gasteiger partial charge in [0, 0.05) is 24.0 Å². The SMILES string of the molecule is CS(=O)(=O)CCCC(NN)C1CCc2ccccc21. The van der Waals surface area contributed by atoms with Crippen LogP contribution in [-0.2, 0) is 16.3 Å². The topological polar surface area (TPSA) is 72.2 Å². The number of benzene rings is 1. The highest BCUT2D eigenvalue weighted by Gasteiger charge is 2.28. The molecular weight excluding hydrogens is 260 g/mol. The number of aryl methyl sites for hydroxylation is 1. The van der Waals surface area contributed by atoms with Gasteiger partial charge in [0.2, 0.25) is 0 Å². The molecule has 1 aromatic rings. The number of hydrogen-bond donors (Lipinski definition) is 2. The summed E-state index contributed by atoms with van der Waals surface area (Å²) in [7, 11) is -2.88. The summed E-state index contributed by atoms with van der Waals surface area (Å²) < 4.78 is 22.3. The van der Waals surface area contributed by atoms with Crippen molar-refractivity contribution in [1.82, 2.24) is 5.43 Å². The van der Waals surface area contributed by atoms with Crippen LogP contribution in [0.3, 0.4) is 0 Å². The lowest BCUT2D eigenvalue weighted by Crippen LogP contribution is -2.39. The maximum absolute atomic E-state index is 11.2. The van der Waals surface area contributed by atoms with Gasteiger partial charge in [-0.15, -0.1) is 0 Å². The highest BCUT2D eigenvalue weighted by atomic mass is 32.2. The molecule has 1 aliphatic rings. The zero-order chi connectivity index (χ0) is 13.9. The lowest BCUT2D eigenvalue weighted by atomic mass is 9.91. The molecule has 0 amide bonds. The van der Waals surface area contributed by atoms with Crippen molar-refractivity contribution in [3.63, 3.8) is 0 Å². The highest BCUT2D eigenvalue weighted by Crippen LogP contribution is 2.36. The first-order valence-electron chi connectivity index (χ1n) is 6.73. The number of hydrazine groups is 1. The Hall–Kier alpha value is -0.910. The van der Waals surface area contributed by atoms with Crippen LogP contribution >= 0.6 is 0 Å². The Morgan fingerprint density at radius 1 is 1.42 bits per heavy atom. The first-order valence-corrected chi connectivity index (χ1v) is 8.79. The molecule has 4 nitrogen and oxygen atoms in total. The molecule has 0 radical (unpaired) electrons. The van der Waals surface area contributed by atoms with Crippen LogP contribution < -0.4 is 11.3 Å². The average molecular weight is 282 g/mol. The van der Waals surface area contributed by atoms with Gasteiger partial charge >= 0.3 is 0 Å². The zero-order valence-corrected chi connectivity index (χ0v) is 12.1. The molecule has 2 rings (SSSR count). The number of nitrogens with one attached hydrogen (secondary N) is 1. The fraction of sp³-hybridized carbons (Fsp3) is 0.571. The normalized spacial score (nSPS) is 20.2. The minimum absolute atomic E-state index is 0.158. The van der Waals surface area contributed by atoms with Crippen LogP contribution in [0.4, 0.5) is 0 Å². The van der Waals surface area contributed by atoms with E-state index in [9.17, 15) is 8.42 Å². The Morgan fingerprint density at radius 2 is 2.16 bits per heavy atom. The lowest BCUT2D eigenvalue weighted by molar-refractivity contribution is 0.409. The van der Waals surface area contributed by atoms with Crippen molar-refractivity contribution in [2.45, 2.75) is 37.6 Å². The van der Waals surface area contributed by atoms with Crippen LogP contribution in [0.1, 0.15) is 36.3 Å². The number of nitrogens with two attached hydrogens (primary N) is 1. The monoisotopic (exact) mass is 282 g/mol. The summed E-state index contributed by atoms with van der Waals surface area (Å²) in [6.07, 6.45) is 4.91. The average Bonchev–Trinajstić information content (AvgIpc) is 2.77. The second-order valence-electron chi connectivity index (χ2n) is 5.39. The summed E-state index contributed by atoms with van der Waals surface area (Å²) in [5.41, 5.74) is 5.64. The van der Waals surface area contributed by atoms with Gasteiger partial charge in [0.25, 0.3) is 0 Å². The molecule has 0 spiro atoms. The van der Waals surface area contributed by atoms with Crippen molar-refractivity contribution in [1.29, 1.82) is 0 Å². The van der Waals surface area contributed by atoms with Gasteiger partial charge in [-0.3, -0.25) is 11.3 Å². The third-order valence-electron chi connectivity index (χ3n) is 3.91. The maximum atomic E-state index is 11.2. The molecule has 0 aromatic heterocycles. The van der Waals surface area contributed by atoms with E-state index in [4.69, 9.17) is 5.84 Å². The molecule has 1 aromatic carbocycles. The summed E-state index contributed by atoms with van der Waals surface area (Å²) in [6, 6.07) is 8.61. The molecule has 0 saturated carbocycles. The van der Waals surface area contributed by atoms with Crippen LogP contribution in [-0.4, -0.2) is 26.5 Å². The van der Waals surface area contributed by atoms with Crippen LogP contribution in [0.5, 0.6) is 0 Å². The van der Waals surface area contributed by atoms with Gasteiger partial charge in [0.1, 0.15) is 9.84 Å². The number of fused-ring (bicyclic) bond motifs is 1. The molecule has 5 heteroatoms. The second kappa shape index (κ2) is 6.03. The number of rotatable bonds is 6. The van der Waals surface area contributed by atoms with E-state index in [2.05, 4.69) is 29.7 Å². The van der Waals surface area contributed by atoms with Crippen molar-refractivity contribution in [3.8, 4) is 0 Å². The maximum Gasteiger partial charge on any atom is 0.147 e. The largest absolute Gasteiger partial charge is 0.271 e. The van der Waals surface area contributed by atoms with E-state index >= 15 is 0 Å². The molecule has 19 heavy (non-hydrogen) atoms. The second-order valence-corrected chi connectivity index (χ2v) is 7.65. The predicted molar refractivity (Wildman–Crippen MR) is 77.6 cm³/mol. The van der Waals surface area contributed by atoms with Crippen molar-refractivity contribution >= 4 is 9.84 Å². The van der Waals surface area contributed by atoms with E-state index in [1.54, 1.807) is 0 Å².